The number of carbonyl (C=O) groups is 1. The van der Waals surface area contributed by atoms with E-state index < -0.39 is 9.84 Å². The first-order valence-electron chi connectivity index (χ1n) is 8.49. The monoisotopic (exact) mass is 352 g/mol. The predicted molar refractivity (Wildman–Crippen MR) is 90.3 cm³/mol. The van der Waals surface area contributed by atoms with Crippen LogP contribution in [0.5, 0.6) is 0 Å². The van der Waals surface area contributed by atoms with Crippen molar-refractivity contribution in [1.82, 2.24) is 10.3 Å². The largest absolute Gasteiger partial charge is 0.375 e. The van der Waals surface area contributed by atoms with E-state index in [1.807, 2.05) is 12.1 Å². The average molecular weight is 352 g/mol. The summed E-state index contributed by atoms with van der Waals surface area (Å²) in [5, 5.41) is 3.10. The van der Waals surface area contributed by atoms with E-state index >= 15 is 0 Å². The van der Waals surface area contributed by atoms with Crippen molar-refractivity contribution in [2.75, 3.05) is 18.1 Å². The van der Waals surface area contributed by atoms with Gasteiger partial charge in [-0.05, 0) is 49.8 Å². The van der Waals surface area contributed by atoms with Gasteiger partial charge in [0.2, 0.25) is 5.91 Å². The molecule has 1 aromatic heterocycles. The first kappa shape index (κ1) is 17.4. The van der Waals surface area contributed by atoms with E-state index in [-0.39, 0.29) is 29.1 Å². The molecule has 3 rings (SSSR count). The van der Waals surface area contributed by atoms with Gasteiger partial charge in [0.25, 0.3) is 0 Å². The fraction of sp³-hybridized carbons (Fsp3) is 0.647. The van der Waals surface area contributed by atoms with Crippen molar-refractivity contribution < 1.29 is 17.9 Å². The van der Waals surface area contributed by atoms with E-state index in [2.05, 4.69) is 10.3 Å². The summed E-state index contributed by atoms with van der Waals surface area (Å²) in [7, 11) is -2.91. The smallest absolute Gasteiger partial charge is 0.220 e. The zero-order chi connectivity index (χ0) is 17.0. The predicted octanol–water partition coefficient (Wildman–Crippen LogP) is 1.26. The van der Waals surface area contributed by atoms with E-state index in [4.69, 9.17) is 4.74 Å². The zero-order valence-electron chi connectivity index (χ0n) is 13.7. The van der Waals surface area contributed by atoms with Gasteiger partial charge < -0.3 is 10.1 Å². The summed E-state index contributed by atoms with van der Waals surface area (Å²) in [6.45, 7) is 0.579. The summed E-state index contributed by atoms with van der Waals surface area (Å²) >= 11 is 0. The molecule has 3 heterocycles. The van der Waals surface area contributed by atoms with Crippen LogP contribution in [0.3, 0.4) is 0 Å². The molecule has 1 spiro atoms. The molecule has 1 N–H and O–H groups in total. The van der Waals surface area contributed by atoms with Crippen LogP contribution in [0.2, 0.25) is 0 Å². The molecule has 0 aliphatic carbocycles. The van der Waals surface area contributed by atoms with Gasteiger partial charge in [-0.2, -0.15) is 0 Å². The molecule has 6 nitrogen and oxygen atoms in total. The standard InChI is InChI=1S/C17H24N2O4S/c20-16(2-1-14-3-8-18-9-4-14)19-15-5-10-23-17(13-15)6-11-24(21,22)12-7-17/h3-4,8-9,15H,1-2,5-7,10-13H2,(H,19,20). The first-order chi connectivity index (χ1) is 11.5. The maximum Gasteiger partial charge on any atom is 0.220 e. The summed E-state index contributed by atoms with van der Waals surface area (Å²) in [6, 6.07) is 3.91. The van der Waals surface area contributed by atoms with Crippen molar-refractivity contribution in [2.45, 2.75) is 50.2 Å². The fourth-order valence-electron chi connectivity index (χ4n) is 3.52. The van der Waals surface area contributed by atoms with Crippen molar-refractivity contribution in [3.8, 4) is 0 Å². The Morgan fingerprint density at radius 1 is 1.29 bits per heavy atom. The molecular formula is C17H24N2O4S. The van der Waals surface area contributed by atoms with Gasteiger partial charge in [0.1, 0.15) is 0 Å². The lowest BCUT2D eigenvalue weighted by Gasteiger charge is -2.43. The van der Waals surface area contributed by atoms with Gasteiger partial charge in [0.15, 0.2) is 9.84 Å². The molecule has 1 amide bonds. The lowest BCUT2D eigenvalue weighted by molar-refractivity contribution is -0.126. The van der Waals surface area contributed by atoms with E-state index in [0.29, 0.717) is 38.7 Å². The lowest BCUT2D eigenvalue weighted by atomic mass is 9.85. The molecule has 1 atom stereocenters. The molecule has 0 radical (unpaired) electrons. The molecule has 2 aliphatic heterocycles. The average Bonchev–Trinajstić information content (AvgIpc) is 2.58. The maximum absolute atomic E-state index is 12.2. The van der Waals surface area contributed by atoms with Crippen LogP contribution in [-0.4, -0.2) is 49.1 Å². The van der Waals surface area contributed by atoms with Crippen molar-refractivity contribution in [2.24, 2.45) is 0 Å². The normalized spacial score (nSPS) is 25.2. The highest BCUT2D eigenvalue weighted by atomic mass is 32.2. The number of nitrogens with one attached hydrogen (secondary N) is 1. The minimum atomic E-state index is -2.91. The minimum Gasteiger partial charge on any atom is -0.375 e. The Hall–Kier alpha value is -1.47. The number of hydrogen-bond acceptors (Lipinski definition) is 5. The molecule has 24 heavy (non-hydrogen) atoms. The summed E-state index contributed by atoms with van der Waals surface area (Å²) in [5.41, 5.74) is 0.730. The van der Waals surface area contributed by atoms with E-state index in [9.17, 15) is 13.2 Å². The fourth-order valence-corrected chi connectivity index (χ4v) is 5.09. The van der Waals surface area contributed by atoms with Crippen LogP contribution in [0.15, 0.2) is 24.5 Å². The Labute approximate surface area is 142 Å². The number of carbonyl (C=O) groups excluding carboxylic acids is 1. The van der Waals surface area contributed by atoms with Gasteiger partial charge in [0.05, 0.1) is 17.1 Å². The Morgan fingerprint density at radius 3 is 2.71 bits per heavy atom. The first-order valence-corrected chi connectivity index (χ1v) is 10.3. The molecule has 0 bridgehead atoms. The van der Waals surface area contributed by atoms with Crippen molar-refractivity contribution >= 4 is 15.7 Å². The topological polar surface area (TPSA) is 85.4 Å². The highest BCUT2D eigenvalue weighted by Gasteiger charge is 2.42. The number of rotatable bonds is 4. The van der Waals surface area contributed by atoms with Crippen LogP contribution >= 0.6 is 0 Å². The lowest BCUT2D eigenvalue weighted by Crippen LogP contribution is -2.51. The zero-order valence-corrected chi connectivity index (χ0v) is 14.6. The number of amides is 1. The third kappa shape index (κ3) is 4.54. The molecule has 1 unspecified atom stereocenters. The highest BCUT2D eigenvalue weighted by Crippen LogP contribution is 2.35. The Balaban J connectivity index is 1.49. The number of pyridine rings is 1. The van der Waals surface area contributed by atoms with Crippen LogP contribution in [0.1, 0.15) is 37.7 Å². The van der Waals surface area contributed by atoms with Crippen LogP contribution in [0, 0.1) is 0 Å². The van der Waals surface area contributed by atoms with E-state index in [1.165, 1.54) is 0 Å². The molecule has 2 fully saturated rings. The summed E-state index contributed by atoms with van der Waals surface area (Å²) in [5.74, 6) is 0.420. The van der Waals surface area contributed by atoms with Gasteiger partial charge in [-0.1, -0.05) is 0 Å². The van der Waals surface area contributed by atoms with E-state index in [1.54, 1.807) is 12.4 Å². The quantitative estimate of drug-likeness (QED) is 0.882. The molecule has 132 valence electrons. The molecule has 1 aromatic rings. The van der Waals surface area contributed by atoms with E-state index in [0.717, 1.165) is 12.0 Å². The van der Waals surface area contributed by atoms with Crippen molar-refractivity contribution in [3.05, 3.63) is 30.1 Å². The van der Waals surface area contributed by atoms with Crippen LogP contribution < -0.4 is 5.32 Å². The third-order valence-corrected chi connectivity index (χ3v) is 6.64. The third-order valence-electron chi connectivity index (χ3n) is 4.99. The van der Waals surface area contributed by atoms with Gasteiger partial charge in [0, 0.05) is 31.5 Å². The number of aryl methyl sites for hydroxylation is 1. The molecule has 0 aromatic carbocycles. The molecule has 2 aliphatic rings. The number of ether oxygens (including phenoxy) is 1. The van der Waals surface area contributed by atoms with Gasteiger partial charge >= 0.3 is 0 Å². The second-order valence-electron chi connectivity index (χ2n) is 6.80. The second kappa shape index (κ2) is 7.19. The number of hydrogen-bond donors (Lipinski definition) is 1. The maximum atomic E-state index is 12.2. The Bertz CT molecular complexity index is 661. The Morgan fingerprint density at radius 2 is 2.00 bits per heavy atom. The number of sulfone groups is 1. The number of aromatic nitrogens is 1. The van der Waals surface area contributed by atoms with Crippen molar-refractivity contribution in [3.63, 3.8) is 0 Å². The molecular weight excluding hydrogens is 328 g/mol. The summed E-state index contributed by atoms with van der Waals surface area (Å²) in [6.07, 6.45) is 7.18. The van der Waals surface area contributed by atoms with Gasteiger partial charge in [-0.3, -0.25) is 9.78 Å². The van der Waals surface area contributed by atoms with Crippen LogP contribution in [-0.2, 0) is 25.8 Å². The molecule has 7 heteroatoms. The SMILES string of the molecule is O=C(CCc1ccncc1)NC1CCOC2(CCS(=O)(=O)CC2)C1. The second-order valence-corrected chi connectivity index (χ2v) is 9.10. The van der Waals surface area contributed by atoms with Gasteiger partial charge in [-0.25, -0.2) is 8.42 Å². The summed E-state index contributed by atoms with van der Waals surface area (Å²) in [4.78, 5) is 16.2. The molecule has 2 saturated heterocycles. The number of nitrogens with zero attached hydrogens (tertiary/aromatic N) is 1. The molecule has 0 saturated carbocycles. The van der Waals surface area contributed by atoms with Crippen LogP contribution in [0.25, 0.3) is 0 Å². The van der Waals surface area contributed by atoms with Gasteiger partial charge in [-0.15, -0.1) is 0 Å². The minimum absolute atomic E-state index is 0.0392. The Kier molecular flexibility index (Phi) is 5.20. The van der Waals surface area contributed by atoms with Crippen molar-refractivity contribution in [1.29, 1.82) is 0 Å². The summed E-state index contributed by atoms with van der Waals surface area (Å²) < 4.78 is 29.2. The highest BCUT2D eigenvalue weighted by molar-refractivity contribution is 7.91. The van der Waals surface area contributed by atoms with Crippen LogP contribution in [0.4, 0.5) is 0 Å².